The van der Waals surface area contributed by atoms with Gasteiger partial charge in [-0.2, -0.15) is 15.3 Å². The van der Waals surface area contributed by atoms with Crippen LogP contribution in [0.25, 0.3) is 0 Å². The van der Waals surface area contributed by atoms with Crippen molar-refractivity contribution in [1.29, 1.82) is 5.26 Å². The molecule has 0 amide bonds. The van der Waals surface area contributed by atoms with Crippen LogP contribution in [0.5, 0.6) is 0 Å². The Morgan fingerprint density at radius 3 is 2.62 bits per heavy atom. The van der Waals surface area contributed by atoms with Crippen LogP contribution in [-0.4, -0.2) is 42.0 Å². The SMILES string of the molecule is CC(=O)OCCN(CCC#N)c1ccc(NN=C2C=CC(=[N+]([O-])[O-])C=C2Cl)cc1. The number of nitrogens with one attached hydrogen (secondary N) is 1. The summed E-state index contributed by atoms with van der Waals surface area (Å²) < 4.78 is 4.97. The summed E-state index contributed by atoms with van der Waals surface area (Å²) in [6.07, 6.45) is 4.36. The van der Waals surface area contributed by atoms with Crippen LogP contribution in [0.2, 0.25) is 0 Å². The van der Waals surface area contributed by atoms with E-state index in [9.17, 15) is 15.2 Å². The number of carbonyl (C=O) groups is 1. The molecular weight excluding hydrogens is 398 g/mol. The molecule has 1 aromatic rings. The fraction of sp³-hybridized carbons (Fsp3) is 0.263. The highest BCUT2D eigenvalue weighted by Crippen LogP contribution is 2.19. The zero-order valence-corrected chi connectivity index (χ0v) is 16.4. The van der Waals surface area contributed by atoms with Gasteiger partial charge in [0.05, 0.1) is 29.8 Å². The van der Waals surface area contributed by atoms with Crippen LogP contribution in [-0.2, 0) is 9.53 Å². The molecule has 2 rings (SSSR count). The molecule has 0 heterocycles. The molecule has 0 fully saturated rings. The first-order valence-electron chi connectivity index (χ1n) is 8.66. The molecule has 0 saturated carbocycles. The molecule has 0 bridgehead atoms. The minimum absolute atomic E-state index is 0.107. The third-order valence-electron chi connectivity index (χ3n) is 3.84. The van der Waals surface area contributed by atoms with Gasteiger partial charge in [0.2, 0.25) is 5.71 Å². The van der Waals surface area contributed by atoms with Crippen LogP contribution in [0.4, 0.5) is 11.4 Å². The van der Waals surface area contributed by atoms with Crippen LogP contribution < -0.4 is 10.3 Å². The summed E-state index contributed by atoms with van der Waals surface area (Å²) in [6.45, 7) is 2.56. The Morgan fingerprint density at radius 2 is 2.03 bits per heavy atom. The van der Waals surface area contributed by atoms with Crippen molar-refractivity contribution >= 4 is 40.4 Å². The number of esters is 1. The molecule has 0 spiro atoms. The Balaban J connectivity index is 2.03. The van der Waals surface area contributed by atoms with Crippen molar-refractivity contribution in [2.75, 3.05) is 30.0 Å². The van der Waals surface area contributed by atoms with Gasteiger partial charge in [0.15, 0.2) is 0 Å². The van der Waals surface area contributed by atoms with E-state index < -0.39 is 4.90 Å². The molecule has 1 aliphatic rings. The Hall–Kier alpha value is -3.51. The van der Waals surface area contributed by atoms with Crippen LogP contribution in [0, 0.1) is 21.7 Å². The van der Waals surface area contributed by atoms with E-state index in [0.717, 1.165) is 5.69 Å². The van der Waals surface area contributed by atoms with Crippen molar-refractivity contribution in [1.82, 2.24) is 0 Å². The molecule has 1 N–H and O–H groups in total. The fourth-order valence-electron chi connectivity index (χ4n) is 2.43. The number of hydrazone groups is 1. The number of carbonyl (C=O) groups excluding carboxylic acids is 1. The van der Waals surface area contributed by atoms with E-state index in [2.05, 4.69) is 16.6 Å². The first kappa shape index (κ1) is 21.8. The van der Waals surface area contributed by atoms with E-state index in [-0.39, 0.29) is 23.3 Å². The number of benzene rings is 1. The number of hydrogen-bond donors (Lipinski definition) is 1. The molecule has 0 unspecified atom stereocenters. The van der Waals surface area contributed by atoms with Gasteiger partial charge in [-0.05, 0) is 30.3 Å². The van der Waals surface area contributed by atoms with Crippen LogP contribution in [0.15, 0.2) is 52.6 Å². The van der Waals surface area contributed by atoms with Crippen molar-refractivity contribution in [3.63, 3.8) is 0 Å². The van der Waals surface area contributed by atoms with Gasteiger partial charge < -0.3 is 20.1 Å². The zero-order chi connectivity index (χ0) is 21.2. The summed E-state index contributed by atoms with van der Waals surface area (Å²) in [6, 6.07) is 9.39. The summed E-state index contributed by atoms with van der Waals surface area (Å²) in [7, 11) is 0. The highest BCUT2D eigenvalue weighted by Gasteiger charge is 2.12. The highest BCUT2D eigenvalue weighted by atomic mass is 35.5. The minimum Gasteiger partial charge on any atom is -0.612 e. The number of anilines is 2. The summed E-state index contributed by atoms with van der Waals surface area (Å²) in [4.78, 5) is 12.3. The number of nitrogens with zero attached hydrogens (tertiary/aromatic N) is 4. The number of nitriles is 1. The molecule has 0 radical (unpaired) electrons. The summed E-state index contributed by atoms with van der Waals surface area (Å²) in [5, 5.41) is 34.6. The maximum absolute atomic E-state index is 10.9. The van der Waals surface area contributed by atoms with E-state index in [1.54, 1.807) is 12.1 Å². The minimum atomic E-state index is -0.526. The number of hydrogen-bond acceptors (Lipinski definition) is 8. The second-order valence-electron chi connectivity index (χ2n) is 5.90. The maximum atomic E-state index is 10.9. The molecule has 0 aliphatic heterocycles. The third kappa shape index (κ3) is 6.86. The van der Waals surface area contributed by atoms with Crippen molar-refractivity contribution in [3.05, 3.63) is 57.9 Å². The molecule has 0 aromatic heterocycles. The van der Waals surface area contributed by atoms with Gasteiger partial charge in [-0.25, -0.2) is 0 Å². The number of ether oxygens (including phenoxy) is 1. The molecule has 29 heavy (non-hydrogen) atoms. The highest BCUT2D eigenvalue weighted by molar-refractivity contribution is 6.48. The van der Waals surface area contributed by atoms with Crippen LogP contribution >= 0.6 is 11.6 Å². The first-order valence-corrected chi connectivity index (χ1v) is 9.04. The monoisotopic (exact) mass is 416 g/mol. The quantitative estimate of drug-likeness (QED) is 0.298. The molecular formula is C19H19ClN5O4-. The number of halogens is 1. The van der Waals surface area contributed by atoms with Crippen molar-refractivity contribution in [3.8, 4) is 6.07 Å². The standard InChI is InChI=1S/C19H19ClN5O4/c1-14(26)29-12-11-24(10-2-9-21)16-5-3-15(4-6-16)22-23-19-8-7-17(25(27)28)13-18(19)20/h3-8,13,22H,2,10-12H2,1H3/q-1. The molecule has 10 heteroatoms. The lowest BCUT2D eigenvalue weighted by molar-refractivity contribution is -0.377. The van der Waals surface area contributed by atoms with Gasteiger partial charge in [-0.15, -0.1) is 0 Å². The second-order valence-corrected chi connectivity index (χ2v) is 6.31. The van der Waals surface area contributed by atoms with Gasteiger partial charge in [0.1, 0.15) is 12.3 Å². The Kier molecular flexibility index (Phi) is 8.06. The Bertz CT molecular complexity index is 896. The molecule has 0 saturated heterocycles. The summed E-state index contributed by atoms with van der Waals surface area (Å²) in [5.74, 6) is -0.351. The lowest BCUT2D eigenvalue weighted by Crippen LogP contribution is -2.28. The number of allylic oxidation sites excluding steroid dienone is 4. The smallest absolute Gasteiger partial charge is 0.302 e. The molecule has 1 aromatic carbocycles. The van der Waals surface area contributed by atoms with E-state index in [4.69, 9.17) is 21.6 Å². The van der Waals surface area contributed by atoms with Gasteiger partial charge in [0, 0.05) is 31.3 Å². The molecule has 9 nitrogen and oxygen atoms in total. The van der Waals surface area contributed by atoms with Crippen LogP contribution in [0.1, 0.15) is 13.3 Å². The summed E-state index contributed by atoms with van der Waals surface area (Å²) >= 11 is 6.02. The third-order valence-corrected chi connectivity index (χ3v) is 4.14. The van der Waals surface area contributed by atoms with E-state index >= 15 is 0 Å². The maximum Gasteiger partial charge on any atom is 0.302 e. The van der Waals surface area contributed by atoms with Crippen molar-refractivity contribution < 1.29 is 14.4 Å². The van der Waals surface area contributed by atoms with E-state index in [1.807, 2.05) is 17.0 Å². The van der Waals surface area contributed by atoms with E-state index in [0.29, 0.717) is 30.9 Å². The lowest BCUT2D eigenvalue weighted by Gasteiger charge is -2.23. The predicted octanol–water partition coefficient (Wildman–Crippen LogP) is 2.88. The van der Waals surface area contributed by atoms with Gasteiger partial charge in [-0.3, -0.25) is 10.2 Å². The molecule has 152 valence electrons. The summed E-state index contributed by atoms with van der Waals surface area (Å²) in [5.41, 5.74) is 4.67. The fourth-order valence-corrected chi connectivity index (χ4v) is 2.64. The average molecular weight is 417 g/mol. The second kappa shape index (κ2) is 10.7. The first-order chi connectivity index (χ1) is 13.9. The van der Waals surface area contributed by atoms with Gasteiger partial charge in [0.25, 0.3) is 0 Å². The lowest BCUT2D eigenvalue weighted by atomic mass is 10.1. The normalized spacial score (nSPS) is 14.2. The van der Waals surface area contributed by atoms with Gasteiger partial charge in [-0.1, -0.05) is 11.6 Å². The predicted molar refractivity (Wildman–Crippen MR) is 112 cm³/mol. The zero-order valence-electron chi connectivity index (χ0n) is 15.7. The largest absolute Gasteiger partial charge is 0.612 e. The topological polar surface area (TPSA) is 127 Å². The van der Waals surface area contributed by atoms with Crippen LogP contribution in [0.3, 0.4) is 0 Å². The van der Waals surface area contributed by atoms with Crippen molar-refractivity contribution in [2.24, 2.45) is 5.10 Å². The Labute approximate surface area is 173 Å². The molecule has 0 atom stereocenters. The molecule has 1 aliphatic carbocycles. The number of rotatable bonds is 8. The Morgan fingerprint density at radius 1 is 1.31 bits per heavy atom. The van der Waals surface area contributed by atoms with E-state index in [1.165, 1.54) is 25.2 Å². The average Bonchev–Trinajstić information content (AvgIpc) is 2.69. The van der Waals surface area contributed by atoms with Gasteiger partial charge >= 0.3 is 5.97 Å². The van der Waals surface area contributed by atoms with Crippen molar-refractivity contribution in [2.45, 2.75) is 13.3 Å².